The zero-order chi connectivity index (χ0) is 11.4. The minimum absolute atomic E-state index is 0.306. The molecule has 0 aromatic rings. The van der Waals surface area contributed by atoms with Crippen LogP contribution in [0.25, 0.3) is 0 Å². The second kappa shape index (κ2) is 2.90. The number of hydrogen-bond acceptors (Lipinski definition) is 2. The summed E-state index contributed by atoms with van der Waals surface area (Å²) in [4.78, 5) is 0. The largest absolute Gasteiger partial charge is 0.171 e. The molecule has 5 fully saturated rings. The van der Waals surface area contributed by atoms with Crippen LogP contribution in [0.5, 0.6) is 0 Å². The Labute approximate surface area is 115 Å². The van der Waals surface area contributed by atoms with E-state index in [9.17, 15) is 0 Å². The van der Waals surface area contributed by atoms with Gasteiger partial charge in [-0.2, -0.15) is 25.3 Å². The fourth-order valence-electron chi connectivity index (χ4n) is 6.81. The van der Waals surface area contributed by atoms with Crippen molar-refractivity contribution in [2.45, 2.75) is 54.4 Å². The molecule has 0 spiro atoms. The van der Waals surface area contributed by atoms with Crippen molar-refractivity contribution < 1.29 is 0 Å². The summed E-state index contributed by atoms with van der Waals surface area (Å²) in [6.45, 7) is 0. The summed E-state index contributed by atoms with van der Waals surface area (Å²) in [5.41, 5.74) is 0. The Morgan fingerprint density at radius 2 is 1.76 bits per heavy atom. The SMILES string of the molecule is SC12CCCC1C1CC2(S)C2CCC3CC3C12. The van der Waals surface area contributed by atoms with E-state index in [1.807, 2.05) is 0 Å². The van der Waals surface area contributed by atoms with Gasteiger partial charge in [0.15, 0.2) is 0 Å². The molecule has 5 saturated carbocycles. The van der Waals surface area contributed by atoms with Crippen molar-refractivity contribution in [3.8, 4) is 0 Å². The van der Waals surface area contributed by atoms with Gasteiger partial charge in [0.1, 0.15) is 0 Å². The van der Waals surface area contributed by atoms with Gasteiger partial charge in [-0.15, -0.1) is 0 Å². The van der Waals surface area contributed by atoms with E-state index in [0.717, 1.165) is 35.5 Å². The van der Waals surface area contributed by atoms with Gasteiger partial charge in [0, 0.05) is 9.49 Å². The van der Waals surface area contributed by atoms with Gasteiger partial charge in [-0.3, -0.25) is 0 Å². The van der Waals surface area contributed by atoms with Crippen molar-refractivity contribution in [2.75, 3.05) is 0 Å². The van der Waals surface area contributed by atoms with Crippen LogP contribution < -0.4 is 0 Å². The quantitative estimate of drug-likeness (QED) is 0.612. The fraction of sp³-hybridized carbons (Fsp3) is 1.00. The smallest absolute Gasteiger partial charge is 0.0310 e. The summed E-state index contributed by atoms with van der Waals surface area (Å²) < 4.78 is 0.615. The molecule has 8 atom stereocenters. The second-order valence-electron chi connectivity index (χ2n) is 7.64. The van der Waals surface area contributed by atoms with E-state index in [0.29, 0.717) is 9.49 Å². The summed E-state index contributed by atoms with van der Waals surface area (Å²) in [5.74, 6) is 6.16. The normalized spacial score (nSPS) is 70.9. The standard InChI is InChI=1S/C15H22S2/c16-14-5-1-2-11(14)10-7-15(14,17)12-4-3-8-6-9(8)13(10)12/h8-13,16-17H,1-7H2. The molecule has 0 heterocycles. The first-order valence-electron chi connectivity index (χ1n) is 7.60. The molecular weight excluding hydrogens is 244 g/mol. The third kappa shape index (κ3) is 0.979. The first-order valence-corrected chi connectivity index (χ1v) is 8.49. The van der Waals surface area contributed by atoms with E-state index in [1.165, 1.54) is 38.5 Å². The number of rotatable bonds is 0. The molecule has 0 aliphatic heterocycles. The van der Waals surface area contributed by atoms with Gasteiger partial charge < -0.3 is 0 Å². The highest BCUT2D eigenvalue weighted by Crippen LogP contribution is 2.77. The highest BCUT2D eigenvalue weighted by atomic mass is 32.1. The van der Waals surface area contributed by atoms with Crippen LogP contribution in [0.3, 0.4) is 0 Å². The van der Waals surface area contributed by atoms with Crippen molar-refractivity contribution in [3.05, 3.63) is 0 Å². The highest BCUT2D eigenvalue weighted by molar-refractivity contribution is 7.86. The van der Waals surface area contributed by atoms with Gasteiger partial charge in [0.05, 0.1) is 0 Å². The summed E-state index contributed by atoms with van der Waals surface area (Å²) in [6, 6.07) is 0. The molecular formula is C15H22S2. The molecule has 0 amide bonds. The predicted octanol–water partition coefficient (Wildman–Crippen LogP) is 3.82. The summed E-state index contributed by atoms with van der Waals surface area (Å²) in [6.07, 6.45) is 10.2. The van der Waals surface area contributed by atoms with Crippen molar-refractivity contribution >= 4 is 25.3 Å². The fourth-order valence-corrected chi connectivity index (χ4v) is 8.33. The maximum Gasteiger partial charge on any atom is 0.0310 e. The predicted molar refractivity (Wildman–Crippen MR) is 76.7 cm³/mol. The van der Waals surface area contributed by atoms with Crippen LogP contribution in [-0.4, -0.2) is 9.49 Å². The summed E-state index contributed by atoms with van der Waals surface area (Å²) in [5, 5.41) is 0. The van der Waals surface area contributed by atoms with E-state index in [-0.39, 0.29) is 0 Å². The van der Waals surface area contributed by atoms with Gasteiger partial charge in [0.25, 0.3) is 0 Å². The summed E-state index contributed by atoms with van der Waals surface area (Å²) in [7, 11) is 0. The Bertz CT molecular complexity index is 394. The molecule has 2 bridgehead atoms. The summed E-state index contributed by atoms with van der Waals surface area (Å²) >= 11 is 10.5. The zero-order valence-electron chi connectivity index (χ0n) is 10.3. The number of fused-ring (bicyclic) bond motifs is 10. The molecule has 0 saturated heterocycles. The molecule has 8 unspecified atom stereocenters. The van der Waals surface area contributed by atoms with E-state index >= 15 is 0 Å². The van der Waals surface area contributed by atoms with Crippen LogP contribution in [-0.2, 0) is 0 Å². The van der Waals surface area contributed by atoms with Gasteiger partial charge in [-0.25, -0.2) is 0 Å². The number of thiol groups is 2. The average Bonchev–Trinajstić information content (AvgIpc) is 2.82. The Hall–Kier alpha value is 0.700. The van der Waals surface area contributed by atoms with Crippen LogP contribution >= 0.6 is 25.3 Å². The van der Waals surface area contributed by atoms with Crippen LogP contribution in [0.2, 0.25) is 0 Å². The Morgan fingerprint density at radius 1 is 0.882 bits per heavy atom. The maximum atomic E-state index is 5.29. The van der Waals surface area contributed by atoms with Gasteiger partial charge in [0.2, 0.25) is 0 Å². The van der Waals surface area contributed by atoms with Crippen molar-refractivity contribution in [2.24, 2.45) is 35.5 Å². The van der Waals surface area contributed by atoms with Crippen molar-refractivity contribution in [1.82, 2.24) is 0 Å². The lowest BCUT2D eigenvalue weighted by Crippen LogP contribution is -2.53. The van der Waals surface area contributed by atoms with Crippen LogP contribution in [0.4, 0.5) is 0 Å². The Kier molecular flexibility index (Phi) is 1.79. The monoisotopic (exact) mass is 266 g/mol. The van der Waals surface area contributed by atoms with Gasteiger partial charge in [-0.05, 0) is 74.0 Å². The topological polar surface area (TPSA) is 0 Å². The minimum Gasteiger partial charge on any atom is -0.171 e. The lowest BCUT2D eigenvalue weighted by Gasteiger charge is -2.51. The molecule has 0 aromatic carbocycles. The molecule has 5 rings (SSSR count). The minimum atomic E-state index is 0.306. The van der Waals surface area contributed by atoms with E-state index < -0.39 is 0 Å². The Balaban J connectivity index is 1.63. The molecule has 5 aliphatic carbocycles. The van der Waals surface area contributed by atoms with Crippen LogP contribution in [0.15, 0.2) is 0 Å². The highest BCUT2D eigenvalue weighted by Gasteiger charge is 2.75. The maximum absolute atomic E-state index is 5.29. The Morgan fingerprint density at radius 3 is 2.65 bits per heavy atom. The average molecular weight is 266 g/mol. The molecule has 0 N–H and O–H groups in total. The molecule has 17 heavy (non-hydrogen) atoms. The third-order valence-corrected chi connectivity index (χ3v) is 9.44. The molecule has 0 radical (unpaired) electrons. The van der Waals surface area contributed by atoms with Gasteiger partial charge >= 0.3 is 0 Å². The first-order chi connectivity index (χ1) is 8.15. The molecule has 2 heteroatoms. The lowest BCUT2D eigenvalue weighted by molar-refractivity contribution is 0.0998. The van der Waals surface area contributed by atoms with E-state index in [1.54, 1.807) is 6.42 Å². The van der Waals surface area contributed by atoms with Crippen molar-refractivity contribution in [1.29, 1.82) is 0 Å². The lowest BCUT2D eigenvalue weighted by atomic mass is 9.63. The van der Waals surface area contributed by atoms with E-state index in [4.69, 9.17) is 25.3 Å². The number of hydrogen-bond donors (Lipinski definition) is 2. The zero-order valence-corrected chi connectivity index (χ0v) is 12.1. The third-order valence-electron chi connectivity index (χ3n) is 7.39. The second-order valence-corrected chi connectivity index (χ2v) is 9.23. The molecule has 0 nitrogen and oxygen atoms in total. The molecule has 0 aromatic heterocycles. The van der Waals surface area contributed by atoms with Crippen LogP contribution in [0, 0.1) is 35.5 Å². The van der Waals surface area contributed by atoms with Gasteiger partial charge in [-0.1, -0.05) is 6.42 Å². The molecule has 94 valence electrons. The van der Waals surface area contributed by atoms with Crippen molar-refractivity contribution in [3.63, 3.8) is 0 Å². The first kappa shape index (κ1) is 10.5. The van der Waals surface area contributed by atoms with Crippen LogP contribution in [0.1, 0.15) is 44.9 Å². The molecule has 5 aliphatic rings. The van der Waals surface area contributed by atoms with E-state index in [2.05, 4.69) is 0 Å².